The third-order valence-electron chi connectivity index (χ3n) is 3.10. The lowest BCUT2D eigenvalue weighted by Crippen LogP contribution is -2.43. The van der Waals surface area contributed by atoms with Crippen molar-refractivity contribution in [3.63, 3.8) is 0 Å². The van der Waals surface area contributed by atoms with Crippen LogP contribution in [-0.2, 0) is 4.74 Å². The Hall–Kier alpha value is -0.810. The number of carbonyl (C=O) groups excluding carboxylic acids is 1. The molecule has 0 aromatic carbocycles. The van der Waals surface area contributed by atoms with E-state index < -0.39 is 0 Å². The van der Waals surface area contributed by atoms with Crippen LogP contribution in [0.4, 0.5) is 4.79 Å². The molecular weight excluding hydrogens is 220 g/mol. The van der Waals surface area contributed by atoms with Crippen LogP contribution in [0.3, 0.4) is 0 Å². The van der Waals surface area contributed by atoms with Crippen LogP contribution >= 0.6 is 0 Å². The van der Waals surface area contributed by atoms with Gasteiger partial charge in [0, 0.05) is 19.1 Å². The molecule has 1 aliphatic rings. The number of nitrogens with zero attached hydrogens (tertiary/aromatic N) is 2. The van der Waals surface area contributed by atoms with E-state index in [4.69, 9.17) is 9.84 Å². The lowest BCUT2D eigenvalue weighted by molar-refractivity contribution is 0.0692. The van der Waals surface area contributed by atoms with Crippen LogP contribution in [0, 0.1) is 0 Å². The first kappa shape index (κ1) is 14.3. The average molecular weight is 244 g/mol. The predicted octanol–water partition coefficient (Wildman–Crippen LogP) is 0.921. The second-order valence-corrected chi connectivity index (χ2v) is 4.77. The quantitative estimate of drug-likeness (QED) is 0.755. The molecule has 0 atom stereocenters. The molecule has 100 valence electrons. The van der Waals surface area contributed by atoms with Crippen molar-refractivity contribution in [1.82, 2.24) is 9.80 Å². The van der Waals surface area contributed by atoms with Crippen LogP contribution in [-0.4, -0.2) is 67.4 Å². The molecule has 0 spiro atoms. The molecule has 5 heteroatoms. The van der Waals surface area contributed by atoms with E-state index in [0.29, 0.717) is 12.6 Å². The highest BCUT2D eigenvalue weighted by molar-refractivity contribution is 5.68. The third kappa shape index (κ3) is 4.91. The Labute approximate surface area is 103 Å². The maximum Gasteiger partial charge on any atom is 0.410 e. The Bertz CT molecular complexity index is 228. The van der Waals surface area contributed by atoms with E-state index in [0.717, 1.165) is 19.4 Å². The van der Waals surface area contributed by atoms with Crippen molar-refractivity contribution >= 4 is 6.09 Å². The molecule has 1 aliphatic carbocycles. The number of hydrogen-bond acceptors (Lipinski definition) is 4. The Morgan fingerprint density at radius 2 is 1.94 bits per heavy atom. The molecule has 0 heterocycles. The smallest absolute Gasteiger partial charge is 0.410 e. The van der Waals surface area contributed by atoms with E-state index >= 15 is 0 Å². The van der Waals surface area contributed by atoms with Gasteiger partial charge in [0.05, 0.1) is 6.61 Å². The number of likely N-dealkylation sites (N-methyl/N-ethyl adjacent to an activating group) is 1. The molecule has 0 saturated heterocycles. The summed E-state index contributed by atoms with van der Waals surface area (Å²) in [4.78, 5) is 15.8. The first-order chi connectivity index (χ1) is 8.15. The molecule has 0 aliphatic heterocycles. The summed E-state index contributed by atoms with van der Waals surface area (Å²) in [6.45, 7) is 1.51. The third-order valence-corrected chi connectivity index (χ3v) is 3.10. The van der Waals surface area contributed by atoms with Crippen LogP contribution in [0.2, 0.25) is 0 Å². The Kier molecular flexibility index (Phi) is 6.29. The van der Waals surface area contributed by atoms with Crippen molar-refractivity contribution in [2.75, 3.05) is 40.4 Å². The van der Waals surface area contributed by atoms with Gasteiger partial charge in [-0.2, -0.15) is 0 Å². The Balaban J connectivity index is 2.47. The van der Waals surface area contributed by atoms with Gasteiger partial charge in [0.15, 0.2) is 0 Å². The van der Waals surface area contributed by atoms with Gasteiger partial charge in [-0.3, -0.25) is 0 Å². The van der Waals surface area contributed by atoms with Gasteiger partial charge in [-0.05, 0) is 26.9 Å². The van der Waals surface area contributed by atoms with E-state index in [2.05, 4.69) is 4.90 Å². The van der Waals surface area contributed by atoms with Crippen LogP contribution in [0.1, 0.15) is 25.7 Å². The minimum absolute atomic E-state index is 0.0873. The Morgan fingerprint density at radius 1 is 1.29 bits per heavy atom. The van der Waals surface area contributed by atoms with Gasteiger partial charge >= 0.3 is 6.09 Å². The van der Waals surface area contributed by atoms with Crippen molar-refractivity contribution in [1.29, 1.82) is 0 Å². The molecule has 1 fully saturated rings. The maximum atomic E-state index is 11.9. The zero-order valence-electron chi connectivity index (χ0n) is 10.9. The average Bonchev–Trinajstić information content (AvgIpc) is 2.79. The van der Waals surface area contributed by atoms with Crippen molar-refractivity contribution in [3.8, 4) is 0 Å². The fourth-order valence-corrected chi connectivity index (χ4v) is 2.16. The molecule has 1 N–H and O–H groups in total. The van der Waals surface area contributed by atoms with Gasteiger partial charge in [0.1, 0.15) is 6.61 Å². The number of aliphatic hydroxyl groups excluding tert-OH is 1. The summed E-state index contributed by atoms with van der Waals surface area (Å²) in [6.07, 6.45) is 4.24. The van der Waals surface area contributed by atoms with Crippen LogP contribution in [0.15, 0.2) is 0 Å². The summed E-state index contributed by atoms with van der Waals surface area (Å²) in [5.41, 5.74) is 0. The zero-order chi connectivity index (χ0) is 12.7. The molecule has 0 bridgehead atoms. The van der Waals surface area contributed by atoms with Crippen LogP contribution in [0.25, 0.3) is 0 Å². The number of ether oxygens (including phenoxy) is 1. The first-order valence-corrected chi connectivity index (χ1v) is 6.34. The largest absolute Gasteiger partial charge is 0.447 e. The second kappa shape index (κ2) is 7.50. The highest BCUT2D eigenvalue weighted by atomic mass is 16.6. The van der Waals surface area contributed by atoms with E-state index in [9.17, 15) is 4.79 Å². The number of carbonyl (C=O) groups is 1. The first-order valence-electron chi connectivity index (χ1n) is 6.34. The SMILES string of the molecule is CN(C)CCN(C(=O)OCCO)C1CCCC1. The fourth-order valence-electron chi connectivity index (χ4n) is 2.16. The molecule has 0 aromatic heterocycles. The summed E-state index contributed by atoms with van der Waals surface area (Å²) < 4.78 is 5.02. The minimum atomic E-state index is -0.284. The number of hydrogen-bond donors (Lipinski definition) is 1. The molecule has 1 amide bonds. The van der Waals surface area contributed by atoms with Gasteiger partial charge in [-0.25, -0.2) is 4.79 Å². The van der Waals surface area contributed by atoms with Crippen LogP contribution < -0.4 is 0 Å². The lowest BCUT2D eigenvalue weighted by Gasteiger charge is -2.29. The van der Waals surface area contributed by atoms with Gasteiger partial charge in [-0.15, -0.1) is 0 Å². The number of aliphatic hydroxyl groups is 1. The van der Waals surface area contributed by atoms with E-state index in [1.807, 2.05) is 19.0 Å². The zero-order valence-corrected chi connectivity index (χ0v) is 10.9. The number of rotatable bonds is 6. The standard InChI is InChI=1S/C12H24N2O3/c1-13(2)7-8-14(11-5-3-4-6-11)12(16)17-10-9-15/h11,15H,3-10H2,1-2H3. The molecule has 1 saturated carbocycles. The van der Waals surface area contributed by atoms with E-state index in [1.165, 1.54) is 12.8 Å². The fraction of sp³-hybridized carbons (Fsp3) is 0.917. The minimum Gasteiger partial charge on any atom is -0.447 e. The molecule has 0 aromatic rings. The van der Waals surface area contributed by atoms with Crippen molar-refractivity contribution < 1.29 is 14.6 Å². The molecular formula is C12H24N2O3. The van der Waals surface area contributed by atoms with Gasteiger partial charge in [0.25, 0.3) is 0 Å². The van der Waals surface area contributed by atoms with E-state index in [1.54, 1.807) is 0 Å². The molecule has 0 unspecified atom stereocenters. The topological polar surface area (TPSA) is 53.0 Å². The van der Waals surface area contributed by atoms with E-state index in [-0.39, 0.29) is 19.3 Å². The van der Waals surface area contributed by atoms with Gasteiger partial charge in [0.2, 0.25) is 0 Å². The summed E-state index contributed by atoms with van der Waals surface area (Å²) >= 11 is 0. The summed E-state index contributed by atoms with van der Waals surface area (Å²) in [6, 6.07) is 0.321. The predicted molar refractivity (Wildman–Crippen MR) is 65.9 cm³/mol. The molecule has 5 nitrogen and oxygen atoms in total. The highest BCUT2D eigenvalue weighted by Crippen LogP contribution is 2.23. The molecule has 17 heavy (non-hydrogen) atoms. The molecule has 1 rings (SSSR count). The van der Waals surface area contributed by atoms with Crippen molar-refractivity contribution in [2.24, 2.45) is 0 Å². The van der Waals surface area contributed by atoms with Gasteiger partial charge in [-0.1, -0.05) is 12.8 Å². The maximum absolute atomic E-state index is 11.9. The lowest BCUT2D eigenvalue weighted by atomic mass is 10.2. The summed E-state index contributed by atoms with van der Waals surface area (Å²) in [5, 5.41) is 8.68. The van der Waals surface area contributed by atoms with Crippen molar-refractivity contribution in [3.05, 3.63) is 0 Å². The monoisotopic (exact) mass is 244 g/mol. The van der Waals surface area contributed by atoms with Gasteiger partial charge < -0.3 is 19.6 Å². The second-order valence-electron chi connectivity index (χ2n) is 4.77. The number of amides is 1. The normalized spacial score (nSPS) is 16.5. The van der Waals surface area contributed by atoms with Crippen molar-refractivity contribution in [2.45, 2.75) is 31.7 Å². The Morgan fingerprint density at radius 3 is 2.47 bits per heavy atom. The molecule has 0 radical (unpaired) electrons. The summed E-state index contributed by atoms with van der Waals surface area (Å²) in [5.74, 6) is 0. The van der Waals surface area contributed by atoms with Crippen LogP contribution in [0.5, 0.6) is 0 Å². The summed E-state index contributed by atoms with van der Waals surface area (Å²) in [7, 11) is 3.98. The highest BCUT2D eigenvalue weighted by Gasteiger charge is 2.27.